The van der Waals surface area contributed by atoms with Crippen LogP contribution in [0.2, 0.25) is 0 Å². The molecule has 0 radical (unpaired) electrons. The summed E-state index contributed by atoms with van der Waals surface area (Å²) in [7, 11) is 1.91. The Bertz CT molecular complexity index is 1130. The first-order valence-electron chi connectivity index (χ1n) is 9.76. The number of rotatable bonds is 6. The van der Waals surface area contributed by atoms with Crippen molar-refractivity contribution in [1.29, 1.82) is 0 Å². The predicted molar refractivity (Wildman–Crippen MR) is 117 cm³/mol. The number of anilines is 1. The van der Waals surface area contributed by atoms with E-state index in [2.05, 4.69) is 50.2 Å². The van der Waals surface area contributed by atoms with Crippen LogP contribution in [-0.2, 0) is 16.5 Å². The SMILES string of the molecule is Cn1cc(-c2cc3c(-c4ccc(NSCC5COCCO5)cc4)ncnn3c2)cn1. The van der Waals surface area contributed by atoms with E-state index in [1.807, 2.05) is 30.2 Å². The Morgan fingerprint density at radius 1 is 1.10 bits per heavy atom. The molecule has 1 fully saturated rings. The van der Waals surface area contributed by atoms with E-state index in [4.69, 9.17) is 9.47 Å². The molecule has 9 heteroatoms. The smallest absolute Gasteiger partial charge is 0.137 e. The van der Waals surface area contributed by atoms with E-state index in [9.17, 15) is 0 Å². The van der Waals surface area contributed by atoms with Crippen molar-refractivity contribution in [3.8, 4) is 22.4 Å². The highest BCUT2D eigenvalue weighted by Crippen LogP contribution is 2.28. The first-order chi connectivity index (χ1) is 14.8. The zero-order valence-electron chi connectivity index (χ0n) is 16.6. The molecule has 4 heterocycles. The minimum Gasteiger partial charge on any atom is -0.376 e. The van der Waals surface area contributed by atoms with Crippen molar-refractivity contribution >= 4 is 23.2 Å². The van der Waals surface area contributed by atoms with Gasteiger partial charge in [-0.3, -0.25) is 4.68 Å². The molecule has 1 atom stereocenters. The first-order valence-corrected chi connectivity index (χ1v) is 10.7. The zero-order chi connectivity index (χ0) is 20.3. The number of aryl methyl sites for hydroxylation is 1. The van der Waals surface area contributed by atoms with Crippen molar-refractivity contribution in [3.63, 3.8) is 0 Å². The third-order valence-corrected chi connectivity index (χ3v) is 5.87. The normalized spacial score (nSPS) is 16.8. The molecule has 1 aliphatic rings. The molecule has 5 rings (SSSR count). The van der Waals surface area contributed by atoms with Crippen LogP contribution in [-0.4, -0.2) is 56.1 Å². The summed E-state index contributed by atoms with van der Waals surface area (Å²) >= 11 is 1.63. The Hall–Kier alpha value is -2.88. The molecule has 1 aliphatic heterocycles. The molecule has 0 aliphatic carbocycles. The summed E-state index contributed by atoms with van der Waals surface area (Å²) < 4.78 is 18.1. The second-order valence-corrected chi connectivity index (χ2v) is 7.95. The molecule has 0 saturated carbocycles. The van der Waals surface area contributed by atoms with Crippen molar-refractivity contribution in [1.82, 2.24) is 24.4 Å². The highest BCUT2D eigenvalue weighted by Gasteiger charge is 2.14. The number of hydrogen-bond acceptors (Lipinski definition) is 7. The summed E-state index contributed by atoms with van der Waals surface area (Å²) in [5, 5.41) is 8.62. The van der Waals surface area contributed by atoms with Crippen LogP contribution in [0.1, 0.15) is 0 Å². The van der Waals surface area contributed by atoms with E-state index in [0.29, 0.717) is 19.8 Å². The lowest BCUT2D eigenvalue weighted by molar-refractivity contribution is -0.0776. The van der Waals surface area contributed by atoms with Crippen LogP contribution in [0.25, 0.3) is 27.9 Å². The van der Waals surface area contributed by atoms with Crippen LogP contribution in [0.15, 0.2) is 55.2 Å². The third-order valence-electron chi connectivity index (χ3n) is 4.95. The van der Waals surface area contributed by atoms with Crippen LogP contribution in [0, 0.1) is 0 Å². The van der Waals surface area contributed by atoms with Crippen LogP contribution >= 0.6 is 11.9 Å². The molecular weight excluding hydrogens is 400 g/mol. The molecule has 8 nitrogen and oxygen atoms in total. The molecule has 0 bridgehead atoms. The van der Waals surface area contributed by atoms with Crippen LogP contribution in [0.5, 0.6) is 0 Å². The van der Waals surface area contributed by atoms with E-state index >= 15 is 0 Å². The van der Waals surface area contributed by atoms with Crippen molar-refractivity contribution < 1.29 is 9.47 Å². The Labute approximate surface area is 178 Å². The number of nitrogens with one attached hydrogen (secondary N) is 1. The van der Waals surface area contributed by atoms with Gasteiger partial charge in [0.2, 0.25) is 0 Å². The molecule has 3 aromatic heterocycles. The van der Waals surface area contributed by atoms with Crippen molar-refractivity contribution in [2.24, 2.45) is 7.05 Å². The number of aromatic nitrogens is 5. The van der Waals surface area contributed by atoms with Gasteiger partial charge in [-0.1, -0.05) is 12.1 Å². The van der Waals surface area contributed by atoms with Crippen molar-refractivity contribution in [2.45, 2.75) is 6.10 Å². The van der Waals surface area contributed by atoms with E-state index in [1.54, 1.807) is 23.0 Å². The lowest BCUT2D eigenvalue weighted by atomic mass is 10.1. The average molecular weight is 423 g/mol. The monoisotopic (exact) mass is 422 g/mol. The first kappa shape index (κ1) is 19.1. The summed E-state index contributed by atoms with van der Waals surface area (Å²) in [6, 6.07) is 10.4. The van der Waals surface area contributed by atoms with Gasteiger partial charge in [-0.2, -0.15) is 10.2 Å². The molecule has 1 aromatic carbocycles. The Morgan fingerprint density at radius 3 is 2.77 bits per heavy atom. The zero-order valence-corrected chi connectivity index (χ0v) is 17.4. The fourth-order valence-electron chi connectivity index (χ4n) is 3.43. The molecular formula is C21H22N6O2S. The molecule has 1 N–H and O–H groups in total. The molecule has 4 aromatic rings. The van der Waals surface area contributed by atoms with Crippen LogP contribution in [0.3, 0.4) is 0 Å². The minimum atomic E-state index is 0.146. The van der Waals surface area contributed by atoms with E-state index < -0.39 is 0 Å². The topological polar surface area (TPSA) is 78.5 Å². The summed E-state index contributed by atoms with van der Waals surface area (Å²) in [5.41, 5.74) is 6.05. The van der Waals surface area contributed by atoms with Crippen molar-refractivity contribution in [3.05, 3.63) is 55.2 Å². The Morgan fingerprint density at radius 2 is 2.00 bits per heavy atom. The second kappa shape index (κ2) is 8.47. The summed E-state index contributed by atoms with van der Waals surface area (Å²) in [5.74, 6) is 0.843. The van der Waals surface area contributed by atoms with Gasteiger partial charge < -0.3 is 14.2 Å². The number of nitrogens with zero attached hydrogens (tertiary/aromatic N) is 5. The molecule has 30 heavy (non-hydrogen) atoms. The van der Waals surface area contributed by atoms with Gasteiger partial charge in [0.1, 0.15) is 6.33 Å². The molecule has 0 amide bonds. The maximum atomic E-state index is 5.66. The van der Waals surface area contributed by atoms with Gasteiger partial charge in [0.05, 0.1) is 43.3 Å². The van der Waals surface area contributed by atoms with Crippen LogP contribution in [0.4, 0.5) is 5.69 Å². The highest BCUT2D eigenvalue weighted by molar-refractivity contribution is 8.00. The lowest BCUT2D eigenvalue weighted by Crippen LogP contribution is -2.30. The van der Waals surface area contributed by atoms with E-state index in [1.165, 1.54) is 0 Å². The largest absolute Gasteiger partial charge is 0.376 e. The quantitative estimate of drug-likeness (QED) is 0.478. The fourth-order valence-corrected chi connectivity index (χ4v) is 4.19. The summed E-state index contributed by atoms with van der Waals surface area (Å²) in [6.07, 6.45) is 7.58. The molecule has 1 saturated heterocycles. The maximum Gasteiger partial charge on any atom is 0.137 e. The highest BCUT2D eigenvalue weighted by atomic mass is 32.2. The van der Waals surface area contributed by atoms with Gasteiger partial charge in [0, 0.05) is 47.6 Å². The second-order valence-electron chi connectivity index (χ2n) is 7.13. The molecule has 1 unspecified atom stereocenters. The van der Waals surface area contributed by atoms with Gasteiger partial charge >= 0.3 is 0 Å². The minimum absolute atomic E-state index is 0.146. The van der Waals surface area contributed by atoms with Gasteiger partial charge in [-0.15, -0.1) is 0 Å². The van der Waals surface area contributed by atoms with Gasteiger partial charge in [-0.25, -0.2) is 9.50 Å². The molecule has 154 valence electrons. The molecule has 0 spiro atoms. The fraction of sp³-hybridized carbons (Fsp3) is 0.286. The summed E-state index contributed by atoms with van der Waals surface area (Å²) in [4.78, 5) is 4.53. The summed E-state index contributed by atoms with van der Waals surface area (Å²) in [6.45, 7) is 2.03. The standard InChI is InChI=1S/C21H22N6O2S/c1-26-10-17(9-23-26)16-8-20-21(22-14-24-27(20)11-16)15-2-4-18(5-3-15)25-30-13-19-12-28-6-7-29-19/h2-5,8-11,14,19,25H,6-7,12-13H2,1H3. The van der Waals surface area contributed by atoms with E-state index in [-0.39, 0.29) is 6.10 Å². The number of hydrogen-bond donors (Lipinski definition) is 1. The van der Waals surface area contributed by atoms with Gasteiger partial charge in [-0.05, 0) is 30.1 Å². The maximum absolute atomic E-state index is 5.66. The number of fused-ring (bicyclic) bond motifs is 1. The van der Waals surface area contributed by atoms with Gasteiger partial charge in [0.15, 0.2) is 0 Å². The Kier molecular flexibility index (Phi) is 5.39. The van der Waals surface area contributed by atoms with Crippen molar-refractivity contribution in [2.75, 3.05) is 30.3 Å². The number of benzene rings is 1. The average Bonchev–Trinajstić information content (AvgIpc) is 3.41. The van der Waals surface area contributed by atoms with E-state index in [0.717, 1.165) is 39.3 Å². The predicted octanol–water partition coefficient (Wildman–Crippen LogP) is 3.27. The number of ether oxygens (including phenoxy) is 2. The Balaban J connectivity index is 1.32. The third kappa shape index (κ3) is 4.04. The van der Waals surface area contributed by atoms with Crippen LogP contribution < -0.4 is 4.72 Å². The van der Waals surface area contributed by atoms with Gasteiger partial charge in [0.25, 0.3) is 0 Å². The lowest BCUT2D eigenvalue weighted by Gasteiger charge is -2.22.